The number of hydrogen-bond donors (Lipinski definition) is 2. The van der Waals surface area contributed by atoms with Gasteiger partial charge in [0.05, 0.1) is 13.2 Å². The monoisotopic (exact) mass is 265 g/mol. The number of rotatable bonds is 8. The molecule has 0 spiro atoms. The molecular weight excluding hydrogens is 238 g/mol. The number of anilines is 1. The Labute approximate surface area is 117 Å². The van der Waals surface area contributed by atoms with Crippen LogP contribution in [-0.2, 0) is 0 Å². The van der Waals surface area contributed by atoms with Crippen LogP contribution in [0.1, 0.15) is 34.1 Å². The second-order valence-corrected chi connectivity index (χ2v) is 5.91. The normalized spacial score (nSPS) is 14.2. The Morgan fingerprint density at radius 2 is 2.11 bits per heavy atom. The molecule has 0 radical (unpaired) electrons. The van der Waals surface area contributed by atoms with E-state index >= 15 is 0 Å². The summed E-state index contributed by atoms with van der Waals surface area (Å²) in [6.07, 6.45) is 0.944. The largest absolute Gasteiger partial charge is 0.493 e. The number of benzene rings is 1. The second kappa shape index (κ2) is 7.39. The quantitative estimate of drug-likeness (QED) is 0.755. The van der Waals surface area contributed by atoms with E-state index in [1.807, 2.05) is 24.3 Å². The van der Waals surface area contributed by atoms with E-state index in [1.54, 1.807) is 0 Å². The first-order valence-electron chi connectivity index (χ1n) is 7.06. The average molecular weight is 265 g/mol. The molecule has 0 aliphatic carbocycles. The van der Waals surface area contributed by atoms with E-state index in [0.717, 1.165) is 31.0 Å². The first-order chi connectivity index (χ1) is 8.99. The van der Waals surface area contributed by atoms with Gasteiger partial charge in [-0.2, -0.15) is 0 Å². The zero-order valence-electron chi connectivity index (χ0n) is 12.6. The zero-order chi connectivity index (χ0) is 14.3. The first kappa shape index (κ1) is 15.8. The van der Waals surface area contributed by atoms with Gasteiger partial charge < -0.3 is 15.2 Å². The van der Waals surface area contributed by atoms with E-state index in [1.165, 1.54) is 0 Å². The molecule has 1 aromatic carbocycles. The average Bonchev–Trinajstić information content (AvgIpc) is 2.43. The molecule has 0 saturated carbocycles. The molecule has 1 unspecified atom stereocenters. The summed E-state index contributed by atoms with van der Waals surface area (Å²) in [5.41, 5.74) is 0.962. The van der Waals surface area contributed by atoms with Gasteiger partial charge in [-0.15, -0.1) is 0 Å². The summed E-state index contributed by atoms with van der Waals surface area (Å²) in [7, 11) is 0. The lowest BCUT2D eigenvalue weighted by Gasteiger charge is -2.26. The van der Waals surface area contributed by atoms with Crippen molar-refractivity contribution in [3.05, 3.63) is 24.3 Å². The first-order valence-corrected chi connectivity index (χ1v) is 7.06. The Morgan fingerprint density at radius 1 is 1.37 bits per heavy atom. The van der Waals surface area contributed by atoms with Gasteiger partial charge >= 0.3 is 0 Å². The Hall–Kier alpha value is -1.22. The van der Waals surface area contributed by atoms with Crippen LogP contribution in [0.2, 0.25) is 0 Å². The lowest BCUT2D eigenvalue weighted by molar-refractivity contribution is 0.149. The molecule has 0 bridgehead atoms. The van der Waals surface area contributed by atoms with Crippen molar-refractivity contribution in [2.45, 2.75) is 34.1 Å². The Bertz CT molecular complexity index is 373. The van der Waals surface area contributed by atoms with Crippen LogP contribution in [0.25, 0.3) is 0 Å². The lowest BCUT2D eigenvalue weighted by atomic mass is 9.88. The van der Waals surface area contributed by atoms with E-state index in [-0.39, 0.29) is 12.0 Å². The van der Waals surface area contributed by atoms with E-state index in [0.29, 0.717) is 5.92 Å². The highest BCUT2D eigenvalue weighted by Crippen LogP contribution is 2.23. The molecule has 0 amide bonds. The van der Waals surface area contributed by atoms with Crippen molar-refractivity contribution in [2.24, 2.45) is 11.3 Å². The molecule has 108 valence electrons. The van der Waals surface area contributed by atoms with Crippen molar-refractivity contribution < 1.29 is 9.84 Å². The van der Waals surface area contributed by atoms with Crippen molar-refractivity contribution >= 4 is 5.69 Å². The Morgan fingerprint density at radius 3 is 2.68 bits per heavy atom. The summed E-state index contributed by atoms with van der Waals surface area (Å²) < 4.78 is 5.70. The second-order valence-electron chi connectivity index (χ2n) is 5.91. The molecule has 1 atom stereocenters. The number of ether oxygens (including phenoxy) is 1. The molecule has 3 nitrogen and oxygen atoms in total. The minimum atomic E-state index is -0.0746. The van der Waals surface area contributed by atoms with Crippen molar-refractivity contribution in [2.75, 3.05) is 25.1 Å². The third-order valence-corrected chi connectivity index (χ3v) is 3.37. The number of aliphatic hydroxyl groups excluding tert-OH is 1. The zero-order valence-corrected chi connectivity index (χ0v) is 12.6. The fraction of sp³-hybridized carbons (Fsp3) is 0.625. The van der Waals surface area contributed by atoms with Crippen molar-refractivity contribution in [1.29, 1.82) is 0 Å². The van der Waals surface area contributed by atoms with Crippen LogP contribution in [0.4, 0.5) is 5.69 Å². The highest BCUT2D eigenvalue weighted by Gasteiger charge is 2.20. The molecule has 0 fully saturated rings. The minimum absolute atomic E-state index is 0.0746. The Balaban J connectivity index is 2.57. The van der Waals surface area contributed by atoms with Crippen LogP contribution >= 0.6 is 0 Å². The summed E-state index contributed by atoms with van der Waals surface area (Å²) in [4.78, 5) is 0. The van der Waals surface area contributed by atoms with E-state index in [2.05, 4.69) is 33.0 Å². The van der Waals surface area contributed by atoms with E-state index in [9.17, 15) is 5.11 Å². The summed E-state index contributed by atoms with van der Waals surface area (Å²) in [6, 6.07) is 7.99. The number of aliphatic hydroxyl groups is 1. The molecule has 3 heteroatoms. The van der Waals surface area contributed by atoms with Gasteiger partial charge in [-0.3, -0.25) is 0 Å². The highest BCUT2D eigenvalue weighted by atomic mass is 16.5. The van der Waals surface area contributed by atoms with Gasteiger partial charge in [-0.25, -0.2) is 0 Å². The maximum Gasteiger partial charge on any atom is 0.121 e. The van der Waals surface area contributed by atoms with Crippen molar-refractivity contribution in [3.63, 3.8) is 0 Å². The molecule has 1 aromatic rings. The van der Waals surface area contributed by atoms with Gasteiger partial charge in [0.1, 0.15) is 5.75 Å². The van der Waals surface area contributed by atoms with E-state index < -0.39 is 0 Å². The summed E-state index contributed by atoms with van der Waals surface area (Å²) >= 11 is 0. The highest BCUT2D eigenvalue weighted by molar-refractivity contribution is 5.48. The van der Waals surface area contributed by atoms with Crippen LogP contribution in [0, 0.1) is 11.3 Å². The molecule has 0 aromatic heterocycles. The fourth-order valence-electron chi connectivity index (χ4n) is 1.57. The molecule has 1 rings (SSSR count). The number of nitrogens with one attached hydrogen (secondary N) is 1. The van der Waals surface area contributed by atoms with Crippen LogP contribution in [-0.4, -0.2) is 24.9 Å². The molecular formula is C16H27NO2. The van der Waals surface area contributed by atoms with Crippen LogP contribution < -0.4 is 10.1 Å². The molecule has 2 N–H and O–H groups in total. The summed E-state index contributed by atoms with van der Waals surface area (Å²) in [6.45, 7) is 10.1. The van der Waals surface area contributed by atoms with Gasteiger partial charge in [-0.1, -0.05) is 33.8 Å². The minimum Gasteiger partial charge on any atom is -0.493 e. The maximum atomic E-state index is 9.40. The lowest BCUT2D eigenvalue weighted by Crippen LogP contribution is -2.29. The van der Waals surface area contributed by atoms with Crippen LogP contribution in [0.15, 0.2) is 24.3 Å². The predicted octanol–water partition coefficient (Wildman–Crippen LogP) is 3.54. The SMILES string of the molecule is CCC(C)(CO)CNc1cccc(OCC(C)C)c1. The van der Waals surface area contributed by atoms with E-state index in [4.69, 9.17) is 4.74 Å². The summed E-state index contributed by atoms with van der Waals surface area (Å²) in [5.74, 6) is 1.41. The van der Waals surface area contributed by atoms with Gasteiger partial charge in [-0.05, 0) is 24.5 Å². The topological polar surface area (TPSA) is 41.5 Å². The van der Waals surface area contributed by atoms with Gasteiger partial charge in [0.15, 0.2) is 0 Å². The third-order valence-electron chi connectivity index (χ3n) is 3.37. The smallest absolute Gasteiger partial charge is 0.121 e. The predicted molar refractivity (Wildman–Crippen MR) is 80.7 cm³/mol. The molecule has 19 heavy (non-hydrogen) atoms. The fourth-order valence-corrected chi connectivity index (χ4v) is 1.57. The van der Waals surface area contributed by atoms with Gasteiger partial charge in [0.2, 0.25) is 0 Å². The molecule has 0 heterocycles. The Kier molecular flexibility index (Phi) is 6.16. The van der Waals surface area contributed by atoms with Crippen molar-refractivity contribution in [1.82, 2.24) is 0 Å². The van der Waals surface area contributed by atoms with Crippen molar-refractivity contribution in [3.8, 4) is 5.75 Å². The standard InChI is InChI=1S/C16H27NO2/c1-5-16(4,12-18)11-17-14-7-6-8-15(9-14)19-10-13(2)3/h6-9,13,17-18H,5,10-12H2,1-4H3. The van der Waals surface area contributed by atoms with Crippen LogP contribution in [0.3, 0.4) is 0 Å². The third kappa shape index (κ3) is 5.52. The molecule has 0 aliphatic rings. The van der Waals surface area contributed by atoms with Gasteiger partial charge in [0, 0.05) is 23.7 Å². The van der Waals surface area contributed by atoms with Crippen LogP contribution in [0.5, 0.6) is 5.75 Å². The maximum absolute atomic E-state index is 9.40. The van der Waals surface area contributed by atoms with Gasteiger partial charge in [0.25, 0.3) is 0 Å². The molecule has 0 saturated heterocycles. The molecule has 0 aliphatic heterocycles. The summed E-state index contributed by atoms with van der Waals surface area (Å²) in [5, 5.41) is 12.8. The number of hydrogen-bond acceptors (Lipinski definition) is 3.